The molecule has 0 aromatic heterocycles. The molecule has 0 unspecified atom stereocenters. The summed E-state index contributed by atoms with van der Waals surface area (Å²) in [5.74, 6) is -0.241. The van der Waals surface area contributed by atoms with Crippen molar-refractivity contribution in [2.24, 2.45) is 0 Å². The number of aryl methyl sites for hydroxylation is 1. The number of benzene rings is 3. The van der Waals surface area contributed by atoms with Crippen LogP contribution in [0.2, 0.25) is 0 Å². The van der Waals surface area contributed by atoms with E-state index >= 15 is 0 Å². The molecule has 0 fully saturated rings. The Labute approximate surface area is 184 Å². The molecular weight excluding hydrogens is 499 g/mol. The van der Waals surface area contributed by atoms with Crippen LogP contribution in [0.25, 0.3) is 0 Å². The predicted molar refractivity (Wildman–Crippen MR) is 126 cm³/mol. The molecule has 0 radical (unpaired) electrons. The smallest absolute Gasteiger partial charge is 0.255 e. The van der Waals surface area contributed by atoms with E-state index in [0.717, 1.165) is 20.4 Å². The van der Waals surface area contributed by atoms with Crippen LogP contribution in [-0.2, 0) is 16.6 Å². The average Bonchev–Trinajstić information content (AvgIpc) is 2.68. The molecular formula is C22H21IN2O3S. The summed E-state index contributed by atoms with van der Waals surface area (Å²) in [6.07, 6.45) is 1.18. The summed E-state index contributed by atoms with van der Waals surface area (Å²) in [4.78, 5) is 12.6. The average molecular weight is 520 g/mol. The Kier molecular flexibility index (Phi) is 6.59. The fraction of sp³-hybridized carbons (Fsp3) is 0.136. The van der Waals surface area contributed by atoms with E-state index in [2.05, 4.69) is 27.9 Å². The van der Waals surface area contributed by atoms with Gasteiger partial charge < -0.3 is 5.32 Å². The molecule has 0 spiro atoms. The van der Waals surface area contributed by atoms with Crippen LogP contribution in [-0.4, -0.2) is 20.6 Å². The summed E-state index contributed by atoms with van der Waals surface area (Å²) in [5, 5.41) is 2.90. The van der Waals surface area contributed by atoms with Crippen LogP contribution in [0.15, 0.2) is 72.8 Å². The number of amides is 1. The molecule has 5 nitrogen and oxygen atoms in total. The fourth-order valence-electron chi connectivity index (χ4n) is 2.89. The molecule has 0 aliphatic rings. The number of halogens is 1. The summed E-state index contributed by atoms with van der Waals surface area (Å²) in [6, 6.07) is 21.8. The maximum Gasteiger partial charge on any atom is 0.255 e. The summed E-state index contributed by atoms with van der Waals surface area (Å²) >= 11 is 2.22. The molecule has 0 saturated heterocycles. The minimum absolute atomic E-state index is 0.229. The number of hydrogen-bond donors (Lipinski definition) is 1. The zero-order valence-electron chi connectivity index (χ0n) is 16.1. The van der Waals surface area contributed by atoms with Crippen molar-refractivity contribution in [3.05, 3.63) is 93.1 Å². The molecule has 7 heteroatoms. The van der Waals surface area contributed by atoms with Crippen LogP contribution >= 0.6 is 22.6 Å². The summed E-state index contributed by atoms with van der Waals surface area (Å²) in [5.41, 5.74) is 3.58. The van der Waals surface area contributed by atoms with Crippen molar-refractivity contribution < 1.29 is 13.2 Å². The highest BCUT2D eigenvalue weighted by molar-refractivity contribution is 14.1. The lowest BCUT2D eigenvalue weighted by Crippen LogP contribution is -2.29. The first-order valence-corrected chi connectivity index (χ1v) is 11.9. The number of nitrogens with one attached hydrogen (secondary N) is 1. The van der Waals surface area contributed by atoms with Crippen LogP contribution in [0.3, 0.4) is 0 Å². The van der Waals surface area contributed by atoms with Gasteiger partial charge in [0.15, 0.2) is 0 Å². The quantitative estimate of drug-likeness (QED) is 0.475. The third kappa shape index (κ3) is 5.57. The highest BCUT2D eigenvalue weighted by Crippen LogP contribution is 2.23. The lowest BCUT2D eigenvalue weighted by atomic mass is 10.1. The predicted octanol–water partition coefficient (Wildman–Crippen LogP) is 4.82. The van der Waals surface area contributed by atoms with Gasteiger partial charge in [0.25, 0.3) is 5.91 Å². The summed E-state index contributed by atoms with van der Waals surface area (Å²) in [6.45, 7) is 2.17. The van der Waals surface area contributed by atoms with Crippen molar-refractivity contribution >= 4 is 49.9 Å². The third-order valence-corrected chi connectivity index (χ3v) is 6.24. The van der Waals surface area contributed by atoms with Crippen LogP contribution in [0.1, 0.15) is 21.5 Å². The molecule has 0 aliphatic carbocycles. The Morgan fingerprint density at radius 1 is 1.00 bits per heavy atom. The number of carbonyl (C=O) groups excluding carboxylic acids is 1. The monoisotopic (exact) mass is 520 g/mol. The molecule has 0 atom stereocenters. The minimum atomic E-state index is -3.48. The van der Waals surface area contributed by atoms with E-state index in [9.17, 15) is 13.2 Å². The van der Waals surface area contributed by atoms with Gasteiger partial charge in [-0.25, -0.2) is 8.42 Å². The van der Waals surface area contributed by atoms with Gasteiger partial charge in [0.2, 0.25) is 10.0 Å². The number of anilines is 2. The molecule has 3 rings (SSSR count). The first-order chi connectivity index (χ1) is 13.7. The Morgan fingerprint density at radius 2 is 1.66 bits per heavy atom. The van der Waals surface area contributed by atoms with Crippen molar-refractivity contribution in [1.29, 1.82) is 0 Å². The van der Waals surface area contributed by atoms with Gasteiger partial charge in [0.05, 0.1) is 18.5 Å². The number of rotatable bonds is 6. The van der Waals surface area contributed by atoms with Gasteiger partial charge in [-0.2, -0.15) is 0 Å². The normalized spacial score (nSPS) is 11.1. The lowest BCUT2D eigenvalue weighted by molar-refractivity contribution is 0.102. The van der Waals surface area contributed by atoms with Gasteiger partial charge >= 0.3 is 0 Å². The summed E-state index contributed by atoms with van der Waals surface area (Å²) in [7, 11) is -3.48. The largest absolute Gasteiger partial charge is 0.322 e. The minimum Gasteiger partial charge on any atom is -0.322 e. The van der Waals surface area contributed by atoms with Crippen molar-refractivity contribution in [2.75, 3.05) is 15.9 Å². The Morgan fingerprint density at radius 3 is 2.24 bits per heavy atom. The van der Waals surface area contributed by atoms with Crippen LogP contribution in [0.4, 0.5) is 11.4 Å². The fourth-order valence-corrected chi connectivity index (χ4v) is 4.43. The first kappa shape index (κ1) is 21.3. The maximum atomic E-state index is 12.6. The Bertz CT molecular complexity index is 1110. The molecule has 3 aromatic rings. The van der Waals surface area contributed by atoms with Gasteiger partial charge in [-0.05, 0) is 83.1 Å². The van der Waals surface area contributed by atoms with E-state index in [0.29, 0.717) is 11.3 Å². The number of hydrogen-bond acceptors (Lipinski definition) is 3. The molecule has 1 N–H and O–H groups in total. The Balaban J connectivity index is 1.80. The van der Waals surface area contributed by atoms with E-state index in [1.807, 2.05) is 55.5 Å². The highest BCUT2D eigenvalue weighted by Gasteiger charge is 2.18. The van der Waals surface area contributed by atoms with Crippen LogP contribution in [0, 0.1) is 10.5 Å². The highest BCUT2D eigenvalue weighted by atomic mass is 127. The third-order valence-electron chi connectivity index (χ3n) is 4.42. The zero-order valence-corrected chi connectivity index (χ0v) is 19.1. The van der Waals surface area contributed by atoms with Crippen molar-refractivity contribution in [2.45, 2.75) is 13.5 Å². The van der Waals surface area contributed by atoms with Gasteiger partial charge in [-0.1, -0.05) is 30.3 Å². The second-order valence-corrected chi connectivity index (χ2v) is 9.87. The number of nitrogens with zero attached hydrogens (tertiary/aromatic N) is 1. The van der Waals surface area contributed by atoms with E-state index in [-0.39, 0.29) is 12.5 Å². The van der Waals surface area contributed by atoms with E-state index < -0.39 is 10.0 Å². The van der Waals surface area contributed by atoms with Gasteiger partial charge in [0.1, 0.15) is 0 Å². The molecule has 0 aliphatic heterocycles. The molecule has 0 saturated carbocycles. The molecule has 3 aromatic carbocycles. The standard InChI is InChI=1S/C22H21IN2O3S/c1-16-14-19(23)10-13-21(16)24-22(26)18-8-11-20(12-9-18)25(29(2,27)28)15-17-6-4-3-5-7-17/h3-14H,15H2,1-2H3,(H,24,26). The second-order valence-electron chi connectivity index (χ2n) is 6.72. The van der Waals surface area contributed by atoms with Gasteiger partial charge in [-0.15, -0.1) is 0 Å². The Hall–Kier alpha value is -2.39. The summed E-state index contributed by atoms with van der Waals surface area (Å²) < 4.78 is 27.0. The van der Waals surface area contributed by atoms with Crippen molar-refractivity contribution in [1.82, 2.24) is 0 Å². The number of sulfonamides is 1. The zero-order chi connectivity index (χ0) is 21.0. The van der Waals surface area contributed by atoms with Gasteiger partial charge in [-0.3, -0.25) is 9.10 Å². The topological polar surface area (TPSA) is 66.5 Å². The van der Waals surface area contributed by atoms with E-state index in [1.165, 1.54) is 10.6 Å². The maximum absolute atomic E-state index is 12.6. The number of carbonyl (C=O) groups is 1. The van der Waals surface area contributed by atoms with Crippen molar-refractivity contribution in [3.63, 3.8) is 0 Å². The second kappa shape index (κ2) is 8.96. The lowest BCUT2D eigenvalue weighted by Gasteiger charge is -2.22. The SMILES string of the molecule is Cc1cc(I)ccc1NC(=O)c1ccc(N(Cc2ccccc2)S(C)(=O)=O)cc1. The molecule has 29 heavy (non-hydrogen) atoms. The van der Waals surface area contributed by atoms with Gasteiger partial charge in [0, 0.05) is 14.8 Å². The van der Waals surface area contributed by atoms with Crippen LogP contribution < -0.4 is 9.62 Å². The molecule has 0 heterocycles. The molecule has 150 valence electrons. The molecule has 0 bridgehead atoms. The molecule has 1 amide bonds. The van der Waals surface area contributed by atoms with E-state index in [4.69, 9.17) is 0 Å². The van der Waals surface area contributed by atoms with Crippen LogP contribution in [0.5, 0.6) is 0 Å². The first-order valence-electron chi connectivity index (χ1n) is 8.93. The van der Waals surface area contributed by atoms with E-state index in [1.54, 1.807) is 24.3 Å². The van der Waals surface area contributed by atoms with Crippen molar-refractivity contribution in [3.8, 4) is 0 Å².